The minimum atomic E-state index is -0.576. The van der Waals surface area contributed by atoms with Crippen molar-refractivity contribution in [3.8, 4) is 5.88 Å². The standard InChI is InChI=1S/C29H39BrFN5O3/c1-19-14-35(24(13-32-19)15-34-9-10-38-17-20(34)2)16-26(37)36-18-29(3,4)39-28-25(36)12-22(27(30)33-28)11-21-5-7-23(31)8-6-21/h5-8,12,19-20,24,32H,9-11,13-18H2,1-4H3/t19-,20?,24-/m1/s1. The molecule has 0 spiro atoms. The average Bonchev–Trinajstić information content (AvgIpc) is 2.88. The van der Waals surface area contributed by atoms with Crippen LogP contribution < -0.4 is 15.0 Å². The molecule has 1 N–H and O–H groups in total. The Morgan fingerprint density at radius 1 is 1.23 bits per heavy atom. The first-order valence-electron chi connectivity index (χ1n) is 13.8. The summed E-state index contributed by atoms with van der Waals surface area (Å²) in [4.78, 5) is 25.4. The minimum absolute atomic E-state index is 0.0404. The van der Waals surface area contributed by atoms with E-state index in [-0.39, 0.29) is 17.8 Å². The van der Waals surface area contributed by atoms with Gasteiger partial charge in [-0.3, -0.25) is 14.6 Å². The van der Waals surface area contributed by atoms with Gasteiger partial charge >= 0.3 is 0 Å². The number of amides is 1. The molecule has 2 fully saturated rings. The molecule has 3 atom stereocenters. The number of fused-ring (bicyclic) bond motifs is 1. The number of rotatable bonds is 6. The topological polar surface area (TPSA) is 70.2 Å². The van der Waals surface area contributed by atoms with Crippen LogP contribution in [0.5, 0.6) is 5.88 Å². The van der Waals surface area contributed by atoms with Crippen LogP contribution in [0.3, 0.4) is 0 Å². The van der Waals surface area contributed by atoms with Gasteiger partial charge in [0.2, 0.25) is 11.8 Å². The summed E-state index contributed by atoms with van der Waals surface area (Å²) in [6, 6.07) is 9.34. The third-order valence-corrected chi connectivity index (χ3v) is 8.51. The Bertz CT molecular complexity index is 1180. The van der Waals surface area contributed by atoms with Crippen molar-refractivity contribution in [2.24, 2.45) is 0 Å². The number of nitrogens with one attached hydrogen (secondary N) is 1. The van der Waals surface area contributed by atoms with E-state index in [1.54, 1.807) is 12.1 Å². The number of carbonyl (C=O) groups is 1. The zero-order valence-corrected chi connectivity index (χ0v) is 24.8. The van der Waals surface area contributed by atoms with Gasteiger partial charge in [-0.25, -0.2) is 9.37 Å². The summed E-state index contributed by atoms with van der Waals surface area (Å²) in [6.07, 6.45) is 0.557. The van der Waals surface area contributed by atoms with Crippen LogP contribution in [0.1, 0.15) is 38.8 Å². The Kier molecular flexibility index (Phi) is 8.59. The van der Waals surface area contributed by atoms with E-state index in [1.807, 2.05) is 24.8 Å². The van der Waals surface area contributed by atoms with E-state index in [1.165, 1.54) is 12.1 Å². The molecule has 8 nitrogen and oxygen atoms in total. The summed E-state index contributed by atoms with van der Waals surface area (Å²) < 4.78 is 25.9. The third kappa shape index (κ3) is 6.79. The van der Waals surface area contributed by atoms with Crippen molar-refractivity contribution in [3.63, 3.8) is 0 Å². The van der Waals surface area contributed by atoms with E-state index >= 15 is 0 Å². The number of pyridine rings is 1. The molecule has 2 saturated heterocycles. The first-order valence-corrected chi connectivity index (χ1v) is 14.6. The highest BCUT2D eigenvalue weighted by Gasteiger charge is 2.38. The van der Waals surface area contributed by atoms with Crippen molar-refractivity contribution < 1.29 is 18.7 Å². The number of nitrogens with zero attached hydrogens (tertiary/aromatic N) is 4. The van der Waals surface area contributed by atoms with Crippen LogP contribution in [0, 0.1) is 5.82 Å². The van der Waals surface area contributed by atoms with Crippen LogP contribution in [0.25, 0.3) is 0 Å². The van der Waals surface area contributed by atoms with Gasteiger partial charge in [-0.15, -0.1) is 0 Å². The number of carbonyl (C=O) groups excluding carboxylic acids is 1. The second-order valence-electron chi connectivity index (χ2n) is 11.7. The molecule has 1 aromatic carbocycles. The number of halogens is 2. The number of hydrogen-bond acceptors (Lipinski definition) is 7. The Morgan fingerprint density at radius 3 is 2.74 bits per heavy atom. The fraction of sp³-hybridized carbons (Fsp3) is 0.586. The largest absolute Gasteiger partial charge is 0.468 e. The Balaban J connectivity index is 1.37. The normalized spacial score (nSPS) is 25.7. The van der Waals surface area contributed by atoms with Crippen LogP contribution in [0.15, 0.2) is 34.9 Å². The van der Waals surface area contributed by atoms with Crippen LogP contribution in [-0.4, -0.2) is 96.9 Å². The first-order chi connectivity index (χ1) is 18.6. The number of aromatic nitrogens is 1. The molecule has 39 heavy (non-hydrogen) atoms. The monoisotopic (exact) mass is 603 g/mol. The number of anilines is 1. The molecule has 0 radical (unpaired) electrons. The quantitative estimate of drug-likeness (QED) is 0.507. The number of benzene rings is 1. The highest BCUT2D eigenvalue weighted by molar-refractivity contribution is 9.10. The fourth-order valence-corrected chi connectivity index (χ4v) is 6.09. The van der Waals surface area contributed by atoms with Crippen LogP contribution >= 0.6 is 15.9 Å². The van der Waals surface area contributed by atoms with Gasteiger partial charge in [0.15, 0.2) is 0 Å². The van der Waals surface area contributed by atoms with Gasteiger partial charge in [0.05, 0.1) is 26.3 Å². The van der Waals surface area contributed by atoms with Crippen LogP contribution in [-0.2, 0) is 16.0 Å². The zero-order valence-electron chi connectivity index (χ0n) is 23.3. The number of hydrogen-bond donors (Lipinski definition) is 1. The summed E-state index contributed by atoms with van der Waals surface area (Å²) in [6.45, 7) is 14.1. The van der Waals surface area contributed by atoms with Crippen molar-refractivity contribution >= 4 is 27.5 Å². The van der Waals surface area contributed by atoms with Crippen LogP contribution in [0.4, 0.5) is 10.1 Å². The van der Waals surface area contributed by atoms with Gasteiger partial charge in [0.1, 0.15) is 21.7 Å². The first kappa shape index (κ1) is 28.4. The van der Waals surface area contributed by atoms with Crippen molar-refractivity contribution in [3.05, 3.63) is 51.9 Å². The lowest BCUT2D eigenvalue weighted by Gasteiger charge is -2.45. The van der Waals surface area contributed by atoms with Crippen LogP contribution in [0.2, 0.25) is 0 Å². The van der Waals surface area contributed by atoms with E-state index in [0.29, 0.717) is 47.8 Å². The Hall–Kier alpha value is -2.11. The molecular weight excluding hydrogens is 565 g/mol. The maximum absolute atomic E-state index is 14.0. The fourth-order valence-electron chi connectivity index (χ4n) is 5.67. The predicted molar refractivity (Wildman–Crippen MR) is 153 cm³/mol. The smallest absolute Gasteiger partial charge is 0.241 e. The summed E-state index contributed by atoms with van der Waals surface area (Å²) in [7, 11) is 0. The molecular formula is C29H39BrFN5O3. The molecule has 0 aliphatic carbocycles. The third-order valence-electron chi connectivity index (χ3n) is 7.82. The van der Waals surface area contributed by atoms with Gasteiger partial charge in [-0.05, 0) is 73.0 Å². The van der Waals surface area contributed by atoms with Crippen molar-refractivity contribution in [1.82, 2.24) is 20.1 Å². The lowest BCUT2D eigenvalue weighted by atomic mass is 10.0. The van der Waals surface area contributed by atoms with Gasteiger partial charge in [0, 0.05) is 50.7 Å². The maximum atomic E-state index is 14.0. The molecule has 2 aromatic rings. The molecule has 1 aromatic heterocycles. The molecule has 1 amide bonds. The van der Waals surface area contributed by atoms with Crippen molar-refractivity contribution in [2.75, 3.05) is 57.4 Å². The highest BCUT2D eigenvalue weighted by Crippen LogP contribution is 2.39. The molecule has 3 aliphatic heterocycles. The molecule has 3 aliphatic rings. The summed E-state index contributed by atoms with van der Waals surface area (Å²) in [5, 5.41) is 3.61. The zero-order chi connectivity index (χ0) is 27.7. The van der Waals surface area contributed by atoms with E-state index in [9.17, 15) is 9.18 Å². The minimum Gasteiger partial charge on any atom is -0.468 e. The van der Waals surface area contributed by atoms with E-state index in [2.05, 4.69) is 44.9 Å². The number of ether oxygens (including phenoxy) is 2. The summed E-state index contributed by atoms with van der Waals surface area (Å²) >= 11 is 3.59. The second-order valence-corrected chi connectivity index (χ2v) is 12.5. The van der Waals surface area contributed by atoms with E-state index in [4.69, 9.17) is 14.5 Å². The second kappa shape index (κ2) is 11.8. The lowest BCUT2D eigenvalue weighted by molar-refractivity contribution is -0.122. The summed E-state index contributed by atoms with van der Waals surface area (Å²) in [5.74, 6) is 0.220. The predicted octanol–water partition coefficient (Wildman–Crippen LogP) is 3.46. The lowest BCUT2D eigenvalue weighted by Crippen LogP contribution is -2.62. The average molecular weight is 605 g/mol. The molecule has 0 bridgehead atoms. The molecule has 10 heteroatoms. The van der Waals surface area contributed by atoms with E-state index in [0.717, 1.165) is 50.5 Å². The Labute approximate surface area is 239 Å². The van der Waals surface area contributed by atoms with E-state index < -0.39 is 5.60 Å². The Morgan fingerprint density at radius 2 is 2.00 bits per heavy atom. The maximum Gasteiger partial charge on any atom is 0.241 e. The van der Waals surface area contributed by atoms with Gasteiger partial charge in [0.25, 0.3) is 0 Å². The number of morpholine rings is 1. The van der Waals surface area contributed by atoms with Gasteiger partial charge < -0.3 is 19.7 Å². The molecule has 212 valence electrons. The molecule has 0 saturated carbocycles. The summed E-state index contributed by atoms with van der Waals surface area (Å²) in [5.41, 5.74) is 1.98. The van der Waals surface area contributed by atoms with Gasteiger partial charge in [-0.1, -0.05) is 12.1 Å². The SMILES string of the molecule is CC1COCCN1C[C@H]1CN[C@H](C)CN1CC(=O)N1CC(C)(C)Oc2nc(Br)c(Cc3ccc(F)cc3)cc21. The van der Waals surface area contributed by atoms with Crippen molar-refractivity contribution in [2.45, 2.75) is 57.8 Å². The van der Waals surface area contributed by atoms with Gasteiger partial charge in [-0.2, -0.15) is 0 Å². The molecule has 1 unspecified atom stereocenters. The highest BCUT2D eigenvalue weighted by atomic mass is 79.9. The van der Waals surface area contributed by atoms with Crippen molar-refractivity contribution in [1.29, 1.82) is 0 Å². The number of piperazine rings is 1. The molecule has 5 rings (SSSR count). The molecule has 4 heterocycles.